The van der Waals surface area contributed by atoms with Crippen LogP contribution in [0.4, 0.5) is 0 Å². The summed E-state index contributed by atoms with van der Waals surface area (Å²) in [7, 11) is 0. The molecule has 0 aliphatic heterocycles. The molecule has 1 aromatic rings. The Morgan fingerprint density at radius 3 is 2.58 bits per heavy atom. The van der Waals surface area contributed by atoms with Crippen LogP contribution in [0, 0.1) is 0 Å². The van der Waals surface area contributed by atoms with Gasteiger partial charge in [-0.05, 0) is 32.0 Å². The van der Waals surface area contributed by atoms with Gasteiger partial charge in [0.15, 0.2) is 0 Å². The second-order valence-electron chi connectivity index (χ2n) is 3.79. The van der Waals surface area contributed by atoms with E-state index in [1.54, 1.807) is 13.8 Å². The van der Waals surface area contributed by atoms with E-state index >= 15 is 0 Å². The molecule has 5 nitrogen and oxygen atoms in total. The zero-order valence-corrected chi connectivity index (χ0v) is 11.6. The first kappa shape index (κ1) is 15.3. The maximum atomic E-state index is 12.2. The quantitative estimate of drug-likeness (QED) is 0.841. The van der Waals surface area contributed by atoms with Crippen molar-refractivity contribution in [2.24, 2.45) is 0 Å². The van der Waals surface area contributed by atoms with Crippen LogP contribution in [0.15, 0.2) is 18.2 Å². The van der Waals surface area contributed by atoms with Gasteiger partial charge in [0.1, 0.15) is 12.3 Å². The van der Waals surface area contributed by atoms with E-state index in [4.69, 9.17) is 16.3 Å². The fourth-order valence-electron chi connectivity index (χ4n) is 1.55. The number of carbonyl (C=O) groups excluding carboxylic acids is 2. The van der Waals surface area contributed by atoms with E-state index < -0.39 is 11.9 Å². The fraction of sp³-hybridized carbons (Fsp3) is 0.385. The molecule has 6 heteroatoms. The number of esters is 1. The largest absolute Gasteiger partial charge is 0.507 e. The summed E-state index contributed by atoms with van der Waals surface area (Å²) in [5.74, 6) is -1.13. The van der Waals surface area contributed by atoms with Crippen LogP contribution in [0.25, 0.3) is 0 Å². The molecule has 0 radical (unpaired) electrons. The zero-order valence-electron chi connectivity index (χ0n) is 10.9. The lowest BCUT2D eigenvalue weighted by molar-refractivity contribution is -0.143. The Kier molecular flexibility index (Phi) is 5.63. The number of benzene rings is 1. The number of likely N-dealkylation sites (N-methyl/N-ethyl adjacent to an activating group) is 1. The van der Waals surface area contributed by atoms with Crippen molar-refractivity contribution in [2.45, 2.75) is 13.8 Å². The van der Waals surface area contributed by atoms with Gasteiger partial charge in [0, 0.05) is 11.6 Å². The number of amides is 1. The van der Waals surface area contributed by atoms with Crippen LogP contribution < -0.4 is 0 Å². The summed E-state index contributed by atoms with van der Waals surface area (Å²) in [6, 6.07) is 4.22. The first-order valence-electron chi connectivity index (χ1n) is 5.93. The van der Waals surface area contributed by atoms with Crippen molar-refractivity contribution in [3.05, 3.63) is 28.8 Å². The summed E-state index contributed by atoms with van der Waals surface area (Å²) in [5, 5.41) is 10.0. The lowest BCUT2D eigenvalue weighted by Crippen LogP contribution is -2.36. The number of aromatic hydroxyl groups is 1. The Morgan fingerprint density at radius 1 is 1.37 bits per heavy atom. The smallest absolute Gasteiger partial charge is 0.325 e. The van der Waals surface area contributed by atoms with E-state index in [-0.39, 0.29) is 24.5 Å². The number of carbonyl (C=O) groups is 2. The number of ether oxygens (including phenoxy) is 1. The Morgan fingerprint density at radius 2 is 2.05 bits per heavy atom. The number of hydrogen-bond donors (Lipinski definition) is 1. The molecule has 0 spiro atoms. The summed E-state index contributed by atoms with van der Waals surface area (Å²) < 4.78 is 4.79. The second kappa shape index (κ2) is 6.99. The molecule has 0 saturated heterocycles. The van der Waals surface area contributed by atoms with Crippen molar-refractivity contribution in [1.29, 1.82) is 0 Å². The number of phenols is 1. The van der Waals surface area contributed by atoms with Crippen molar-refractivity contribution < 1.29 is 19.4 Å². The van der Waals surface area contributed by atoms with Crippen molar-refractivity contribution >= 4 is 23.5 Å². The molecule has 1 rings (SSSR count). The highest BCUT2D eigenvalue weighted by Crippen LogP contribution is 2.23. The monoisotopic (exact) mass is 285 g/mol. The molecule has 1 amide bonds. The standard InChI is InChI=1S/C13H16ClNO4/c1-3-15(8-12(17)19-4-2)13(18)10-6-5-9(14)7-11(10)16/h5-7,16H,3-4,8H2,1-2H3. The minimum absolute atomic E-state index is 0.107. The molecule has 0 atom stereocenters. The van der Waals surface area contributed by atoms with Crippen molar-refractivity contribution in [2.75, 3.05) is 19.7 Å². The van der Waals surface area contributed by atoms with Crippen molar-refractivity contribution in [3.8, 4) is 5.75 Å². The second-order valence-corrected chi connectivity index (χ2v) is 4.22. The Bertz CT molecular complexity index is 476. The van der Waals surface area contributed by atoms with Gasteiger partial charge in [0.25, 0.3) is 5.91 Å². The molecule has 0 saturated carbocycles. The van der Waals surface area contributed by atoms with Crippen molar-refractivity contribution in [1.82, 2.24) is 4.90 Å². The summed E-state index contributed by atoms with van der Waals surface area (Å²) >= 11 is 5.70. The topological polar surface area (TPSA) is 66.8 Å². The Balaban J connectivity index is 2.86. The van der Waals surface area contributed by atoms with E-state index in [2.05, 4.69) is 0 Å². The first-order valence-corrected chi connectivity index (χ1v) is 6.30. The molecular weight excluding hydrogens is 270 g/mol. The number of rotatable bonds is 5. The van der Waals surface area contributed by atoms with Gasteiger partial charge in [-0.25, -0.2) is 0 Å². The number of hydrogen-bond acceptors (Lipinski definition) is 4. The summed E-state index contributed by atoms with van der Waals surface area (Å²) in [4.78, 5) is 24.8. The predicted octanol–water partition coefficient (Wildman–Crippen LogP) is 2.07. The average Bonchev–Trinajstić information content (AvgIpc) is 2.35. The lowest BCUT2D eigenvalue weighted by atomic mass is 10.1. The Hall–Kier alpha value is -1.75. The van der Waals surface area contributed by atoms with Gasteiger partial charge in [0.05, 0.1) is 12.2 Å². The van der Waals surface area contributed by atoms with Gasteiger partial charge in [-0.15, -0.1) is 0 Å². The van der Waals surface area contributed by atoms with Crippen LogP contribution in [0.5, 0.6) is 5.75 Å². The molecule has 0 aliphatic carbocycles. The maximum Gasteiger partial charge on any atom is 0.325 e. The average molecular weight is 286 g/mol. The van der Waals surface area contributed by atoms with Gasteiger partial charge in [-0.1, -0.05) is 11.6 Å². The van der Waals surface area contributed by atoms with E-state index in [0.717, 1.165) is 0 Å². The number of nitrogens with zero attached hydrogens (tertiary/aromatic N) is 1. The minimum atomic E-state index is -0.480. The molecule has 19 heavy (non-hydrogen) atoms. The van der Waals surface area contributed by atoms with Gasteiger partial charge in [-0.2, -0.15) is 0 Å². The van der Waals surface area contributed by atoms with Crippen LogP contribution in [-0.4, -0.2) is 41.6 Å². The molecule has 0 aromatic heterocycles. The van der Waals surface area contributed by atoms with Crippen LogP contribution >= 0.6 is 11.6 Å². The molecular formula is C13H16ClNO4. The molecule has 0 aliphatic rings. The minimum Gasteiger partial charge on any atom is -0.507 e. The molecule has 0 heterocycles. The third-order valence-electron chi connectivity index (χ3n) is 2.48. The summed E-state index contributed by atoms with van der Waals surface area (Å²) in [5.41, 5.74) is 0.107. The van der Waals surface area contributed by atoms with E-state index in [0.29, 0.717) is 11.6 Å². The summed E-state index contributed by atoms with van der Waals surface area (Å²) in [6.07, 6.45) is 0. The highest BCUT2D eigenvalue weighted by atomic mass is 35.5. The number of halogens is 1. The van der Waals surface area contributed by atoms with E-state index in [1.165, 1.54) is 23.1 Å². The SMILES string of the molecule is CCOC(=O)CN(CC)C(=O)c1ccc(Cl)cc1O. The predicted molar refractivity (Wildman–Crippen MR) is 71.3 cm³/mol. The third-order valence-corrected chi connectivity index (χ3v) is 2.72. The van der Waals surface area contributed by atoms with E-state index in [1.807, 2.05) is 0 Å². The van der Waals surface area contributed by atoms with Gasteiger partial charge >= 0.3 is 5.97 Å². The third kappa shape index (κ3) is 4.13. The van der Waals surface area contributed by atoms with Crippen LogP contribution in [0.1, 0.15) is 24.2 Å². The first-order chi connectivity index (χ1) is 8.99. The molecule has 1 N–H and O–H groups in total. The highest BCUT2D eigenvalue weighted by molar-refractivity contribution is 6.30. The molecule has 104 valence electrons. The maximum absolute atomic E-state index is 12.2. The van der Waals surface area contributed by atoms with E-state index in [9.17, 15) is 14.7 Å². The Labute approximate surface area is 116 Å². The van der Waals surface area contributed by atoms with Gasteiger partial charge < -0.3 is 14.7 Å². The number of phenolic OH excluding ortho intramolecular Hbond substituents is 1. The van der Waals surface area contributed by atoms with Crippen LogP contribution in [0.2, 0.25) is 5.02 Å². The van der Waals surface area contributed by atoms with Gasteiger partial charge in [0.2, 0.25) is 0 Å². The molecule has 0 bridgehead atoms. The highest BCUT2D eigenvalue weighted by Gasteiger charge is 2.20. The fourth-order valence-corrected chi connectivity index (χ4v) is 1.71. The lowest BCUT2D eigenvalue weighted by Gasteiger charge is -2.20. The zero-order chi connectivity index (χ0) is 14.4. The van der Waals surface area contributed by atoms with Gasteiger partial charge in [-0.3, -0.25) is 9.59 Å². The van der Waals surface area contributed by atoms with Crippen LogP contribution in [-0.2, 0) is 9.53 Å². The molecule has 1 aromatic carbocycles. The normalized spacial score (nSPS) is 10.1. The molecule has 0 unspecified atom stereocenters. The molecule has 0 fully saturated rings. The summed E-state index contributed by atoms with van der Waals surface area (Å²) in [6.45, 7) is 3.88. The van der Waals surface area contributed by atoms with Crippen molar-refractivity contribution in [3.63, 3.8) is 0 Å². The van der Waals surface area contributed by atoms with Crippen LogP contribution in [0.3, 0.4) is 0 Å².